The number of ketones is 1. The monoisotopic (exact) mass is 239 g/mol. The smallest absolute Gasteiger partial charge is 0.331 e. The lowest BCUT2D eigenvalue weighted by Gasteiger charge is -2.34. The quantitative estimate of drug-likeness (QED) is 0.585. The van der Waals surface area contributed by atoms with Gasteiger partial charge in [0.25, 0.3) is 0 Å². The van der Waals surface area contributed by atoms with Crippen LogP contribution in [0.4, 0.5) is 4.79 Å². The summed E-state index contributed by atoms with van der Waals surface area (Å²) in [7, 11) is 0. The van der Waals surface area contributed by atoms with E-state index in [0.29, 0.717) is 13.1 Å². The summed E-state index contributed by atoms with van der Waals surface area (Å²) in [5, 5.41) is 0.953. The van der Waals surface area contributed by atoms with E-state index >= 15 is 0 Å². The number of Topliss-reactive ketones (excluding diaryl/α,β-unsaturated/α-hetero) is 1. The van der Waals surface area contributed by atoms with Gasteiger partial charge in [-0.1, -0.05) is 0 Å². The summed E-state index contributed by atoms with van der Waals surface area (Å²) in [6.45, 7) is 1.13. The van der Waals surface area contributed by atoms with E-state index in [1.807, 2.05) is 0 Å². The molecule has 3 amide bonds. The average Bonchev–Trinajstić information content (AvgIpc) is 2.75. The van der Waals surface area contributed by atoms with Gasteiger partial charge >= 0.3 is 6.03 Å². The Morgan fingerprint density at radius 1 is 1.53 bits per heavy atom. The molecule has 0 aliphatic carbocycles. The van der Waals surface area contributed by atoms with E-state index in [2.05, 4.69) is 10.4 Å². The molecule has 1 atom stereocenters. The number of carbonyl (C=O) groups excluding carboxylic acids is 3. The predicted molar refractivity (Wildman–Crippen MR) is 57.9 cm³/mol. The molecule has 0 spiro atoms. The number of urea groups is 1. The van der Waals surface area contributed by atoms with Crippen molar-refractivity contribution in [2.24, 2.45) is 10.7 Å². The summed E-state index contributed by atoms with van der Waals surface area (Å²) in [4.78, 5) is 39.9. The zero-order valence-corrected chi connectivity index (χ0v) is 9.13. The Bertz CT molecular complexity index is 394. The van der Waals surface area contributed by atoms with Crippen molar-refractivity contribution in [3.8, 4) is 0 Å². The highest BCUT2D eigenvalue weighted by atomic mass is 16.2. The highest BCUT2D eigenvalue weighted by Crippen LogP contribution is 2.14. The van der Waals surface area contributed by atoms with Crippen LogP contribution in [-0.2, 0) is 9.59 Å². The molecule has 0 aromatic carbocycles. The van der Waals surface area contributed by atoms with Gasteiger partial charge < -0.3 is 10.6 Å². The fourth-order valence-corrected chi connectivity index (χ4v) is 1.91. The highest BCUT2D eigenvalue weighted by molar-refractivity contribution is 5.98. The van der Waals surface area contributed by atoms with Gasteiger partial charge in [-0.15, -0.1) is 0 Å². The number of nitrogens with one attached hydrogen (secondary N) is 1. The molecule has 0 bridgehead atoms. The predicted octanol–water partition coefficient (Wildman–Crippen LogP) is -1.92. The Hall–Kier alpha value is -2.12. The molecule has 2 heterocycles. The Kier molecular flexibility index (Phi) is 2.94. The number of piperidine rings is 1. The first-order valence-electron chi connectivity index (χ1n) is 5.23. The summed E-state index contributed by atoms with van der Waals surface area (Å²) in [5.41, 5.74) is 7.02. The first-order chi connectivity index (χ1) is 8.08. The third-order valence-electron chi connectivity index (χ3n) is 2.72. The number of nitrogens with zero attached hydrogens (tertiary/aromatic N) is 3. The number of amides is 3. The van der Waals surface area contributed by atoms with Gasteiger partial charge in [0.15, 0.2) is 5.78 Å². The van der Waals surface area contributed by atoms with Gasteiger partial charge in [0.1, 0.15) is 6.54 Å². The van der Waals surface area contributed by atoms with E-state index in [9.17, 15) is 14.4 Å². The third-order valence-corrected chi connectivity index (χ3v) is 2.72. The second-order valence-electron chi connectivity index (χ2n) is 3.90. The van der Waals surface area contributed by atoms with Crippen molar-refractivity contribution >= 4 is 24.1 Å². The molecular formula is C9H13N5O3. The van der Waals surface area contributed by atoms with Crippen LogP contribution in [0.3, 0.4) is 0 Å². The van der Waals surface area contributed by atoms with Gasteiger partial charge in [-0.3, -0.25) is 14.6 Å². The highest BCUT2D eigenvalue weighted by Gasteiger charge is 2.36. The van der Waals surface area contributed by atoms with Crippen molar-refractivity contribution in [2.75, 3.05) is 19.6 Å². The number of primary amides is 1. The molecule has 2 aliphatic rings. The summed E-state index contributed by atoms with van der Waals surface area (Å²) in [6, 6.07) is -1.33. The normalized spacial score (nSPS) is 24.4. The fraction of sp³-hybridized carbons (Fsp3) is 0.556. The van der Waals surface area contributed by atoms with Crippen LogP contribution in [0.25, 0.3) is 0 Å². The number of hydrazine groups is 1. The van der Waals surface area contributed by atoms with Crippen molar-refractivity contribution < 1.29 is 14.4 Å². The number of aliphatic imine (C=N–C) groups is 1. The van der Waals surface area contributed by atoms with Gasteiger partial charge in [0.2, 0.25) is 5.91 Å². The Morgan fingerprint density at radius 3 is 2.88 bits per heavy atom. The maximum absolute atomic E-state index is 11.8. The lowest BCUT2D eigenvalue weighted by atomic mass is 10.0. The molecule has 92 valence electrons. The topological polar surface area (TPSA) is 108 Å². The van der Waals surface area contributed by atoms with Crippen molar-refractivity contribution in [3.63, 3.8) is 0 Å². The van der Waals surface area contributed by atoms with E-state index in [1.165, 1.54) is 0 Å². The second-order valence-corrected chi connectivity index (χ2v) is 3.90. The number of hydrogen-bond donors (Lipinski definition) is 2. The van der Waals surface area contributed by atoms with Crippen molar-refractivity contribution in [3.05, 3.63) is 0 Å². The summed E-state index contributed by atoms with van der Waals surface area (Å²) in [6.07, 6.45) is 1.62. The largest absolute Gasteiger partial charge is 0.350 e. The van der Waals surface area contributed by atoms with Gasteiger partial charge in [-0.2, -0.15) is 0 Å². The molecule has 3 N–H and O–H groups in total. The lowest BCUT2D eigenvalue weighted by Crippen LogP contribution is -2.59. The molecule has 17 heavy (non-hydrogen) atoms. The summed E-state index contributed by atoms with van der Waals surface area (Å²) < 4.78 is 0. The third kappa shape index (κ3) is 2.35. The van der Waals surface area contributed by atoms with E-state index < -0.39 is 12.1 Å². The molecule has 8 heteroatoms. The molecule has 2 aliphatic heterocycles. The van der Waals surface area contributed by atoms with Gasteiger partial charge in [0, 0.05) is 6.54 Å². The van der Waals surface area contributed by atoms with Crippen LogP contribution in [0, 0.1) is 0 Å². The molecule has 8 nitrogen and oxygen atoms in total. The number of nitrogens with two attached hydrogens (primary N) is 1. The van der Waals surface area contributed by atoms with Gasteiger partial charge in [-0.25, -0.2) is 15.2 Å². The minimum Gasteiger partial charge on any atom is -0.350 e. The van der Waals surface area contributed by atoms with E-state index in [4.69, 9.17) is 5.73 Å². The van der Waals surface area contributed by atoms with Crippen LogP contribution < -0.4 is 11.2 Å². The lowest BCUT2D eigenvalue weighted by molar-refractivity contribution is -0.145. The summed E-state index contributed by atoms with van der Waals surface area (Å²) in [5.74, 6) is -0.458. The standard InChI is InChI=1S/C9H13N5O3/c10-9(17)12-14-4-7(15)6(3-8(14)16)13-2-1-11-5-13/h5-6H,1-4H2,(H3,10,12,17). The van der Waals surface area contributed by atoms with E-state index in [0.717, 1.165) is 5.01 Å². The zero-order valence-electron chi connectivity index (χ0n) is 9.13. The molecule has 2 rings (SSSR count). The van der Waals surface area contributed by atoms with Crippen LogP contribution in [0.1, 0.15) is 6.42 Å². The van der Waals surface area contributed by atoms with Gasteiger partial charge in [0.05, 0.1) is 25.3 Å². The SMILES string of the molecule is NC(=O)NN1CC(=O)C(N2C=NCC2)CC1=O. The van der Waals surface area contributed by atoms with Crippen LogP contribution in [0.5, 0.6) is 0 Å². The fourth-order valence-electron chi connectivity index (χ4n) is 1.91. The first-order valence-corrected chi connectivity index (χ1v) is 5.23. The number of rotatable bonds is 2. The first kappa shape index (κ1) is 11.4. The maximum atomic E-state index is 11.8. The van der Waals surface area contributed by atoms with Gasteiger partial charge in [-0.05, 0) is 0 Å². The number of hydrogen-bond acceptors (Lipinski definition) is 5. The Labute approximate surface area is 97.4 Å². The molecule has 0 saturated carbocycles. The molecular weight excluding hydrogens is 226 g/mol. The van der Waals surface area contributed by atoms with Crippen LogP contribution in [0.15, 0.2) is 4.99 Å². The van der Waals surface area contributed by atoms with Crippen molar-refractivity contribution in [1.82, 2.24) is 15.3 Å². The Morgan fingerprint density at radius 2 is 2.29 bits per heavy atom. The minimum atomic E-state index is -0.854. The molecule has 0 radical (unpaired) electrons. The van der Waals surface area contributed by atoms with E-state index in [1.54, 1.807) is 11.2 Å². The van der Waals surface area contributed by atoms with E-state index in [-0.39, 0.29) is 24.7 Å². The number of carbonyl (C=O) groups is 3. The molecule has 0 aromatic heterocycles. The Balaban J connectivity index is 2.02. The summed E-state index contributed by atoms with van der Waals surface area (Å²) >= 11 is 0. The molecule has 1 unspecified atom stereocenters. The minimum absolute atomic E-state index is 0.0329. The zero-order chi connectivity index (χ0) is 12.4. The average molecular weight is 239 g/mol. The molecule has 1 saturated heterocycles. The maximum Gasteiger partial charge on any atom is 0.331 e. The van der Waals surface area contributed by atoms with Crippen molar-refractivity contribution in [2.45, 2.75) is 12.5 Å². The molecule has 1 fully saturated rings. The second kappa shape index (κ2) is 4.40. The van der Waals surface area contributed by atoms with Crippen LogP contribution in [0.2, 0.25) is 0 Å². The van der Waals surface area contributed by atoms with Crippen LogP contribution >= 0.6 is 0 Å². The van der Waals surface area contributed by atoms with Crippen molar-refractivity contribution in [1.29, 1.82) is 0 Å². The van der Waals surface area contributed by atoms with Crippen LogP contribution in [-0.4, -0.2) is 59.6 Å². The molecule has 0 aromatic rings.